The largest absolute Gasteiger partial charge is 0.477 e. The molecule has 1 saturated heterocycles. The van der Waals surface area contributed by atoms with Crippen LogP contribution in [0.4, 0.5) is 0 Å². The predicted molar refractivity (Wildman–Crippen MR) is 82.1 cm³/mol. The van der Waals surface area contributed by atoms with Gasteiger partial charge in [-0.05, 0) is 38.3 Å². The number of nitrogens with one attached hydrogen (secondary N) is 1. The Bertz CT molecular complexity index is 510. The summed E-state index contributed by atoms with van der Waals surface area (Å²) in [6, 6.07) is 3.24. The van der Waals surface area contributed by atoms with E-state index >= 15 is 0 Å². The van der Waals surface area contributed by atoms with Crippen molar-refractivity contribution >= 4 is 23.2 Å². The number of amides is 1. The Kier molecular flexibility index (Phi) is 6.35. The lowest BCUT2D eigenvalue weighted by Crippen LogP contribution is -2.36. The van der Waals surface area contributed by atoms with E-state index in [4.69, 9.17) is 14.6 Å². The van der Waals surface area contributed by atoms with Crippen LogP contribution in [0.2, 0.25) is 0 Å². The Hall–Kier alpha value is -1.44. The van der Waals surface area contributed by atoms with Gasteiger partial charge in [0.05, 0.1) is 19.3 Å². The Balaban J connectivity index is 1.70. The molecule has 0 bridgehead atoms. The second-order valence-corrected chi connectivity index (χ2v) is 6.42. The van der Waals surface area contributed by atoms with Gasteiger partial charge in [-0.15, -0.1) is 11.3 Å². The number of rotatable bonds is 7. The molecule has 1 aliphatic heterocycles. The third kappa shape index (κ3) is 5.08. The molecule has 2 atom stereocenters. The SMILES string of the molecule is CC(OCC1CCCCO1)C(=O)NCc1ccc(C(=O)O)s1. The molecule has 1 aliphatic rings. The van der Waals surface area contributed by atoms with Crippen LogP contribution in [0, 0.1) is 0 Å². The van der Waals surface area contributed by atoms with E-state index < -0.39 is 12.1 Å². The fraction of sp³-hybridized carbons (Fsp3) is 0.600. The Labute approximate surface area is 133 Å². The van der Waals surface area contributed by atoms with Crippen LogP contribution in [-0.4, -0.2) is 42.4 Å². The van der Waals surface area contributed by atoms with E-state index in [0.717, 1.165) is 42.1 Å². The average molecular weight is 327 g/mol. The molecule has 1 amide bonds. The van der Waals surface area contributed by atoms with Crippen LogP contribution in [0.1, 0.15) is 40.7 Å². The summed E-state index contributed by atoms with van der Waals surface area (Å²) < 4.78 is 11.1. The van der Waals surface area contributed by atoms with E-state index in [1.807, 2.05) is 0 Å². The fourth-order valence-corrected chi connectivity index (χ4v) is 2.96. The number of carbonyl (C=O) groups excluding carboxylic acids is 1. The molecule has 2 heterocycles. The average Bonchev–Trinajstić information content (AvgIpc) is 3.00. The van der Waals surface area contributed by atoms with Crippen molar-refractivity contribution in [1.82, 2.24) is 5.32 Å². The van der Waals surface area contributed by atoms with Crippen LogP contribution in [-0.2, 0) is 20.8 Å². The van der Waals surface area contributed by atoms with Crippen molar-refractivity contribution in [1.29, 1.82) is 0 Å². The lowest BCUT2D eigenvalue weighted by Gasteiger charge is -2.23. The highest BCUT2D eigenvalue weighted by molar-refractivity contribution is 7.13. The quantitative estimate of drug-likeness (QED) is 0.800. The Morgan fingerprint density at radius 1 is 1.50 bits per heavy atom. The molecule has 0 aromatic carbocycles. The summed E-state index contributed by atoms with van der Waals surface area (Å²) in [6.45, 7) is 3.20. The maximum absolute atomic E-state index is 11.9. The van der Waals surface area contributed by atoms with E-state index in [2.05, 4.69) is 5.32 Å². The third-order valence-electron chi connectivity index (χ3n) is 3.48. The fourth-order valence-electron chi connectivity index (χ4n) is 2.17. The second kappa shape index (κ2) is 8.26. The van der Waals surface area contributed by atoms with Gasteiger partial charge in [0, 0.05) is 11.5 Å². The highest BCUT2D eigenvalue weighted by atomic mass is 32.1. The van der Waals surface area contributed by atoms with Gasteiger partial charge in [-0.1, -0.05) is 0 Å². The first-order chi connectivity index (χ1) is 10.6. The van der Waals surface area contributed by atoms with Gasteiger partial charge < -0.3 is 19.9 Å². The van der Waals surface area contributed by atoms with Crippen LogP contribution in [0.15, 0.2) is 12.1 Å². The molecule has 6 nitrogen and oxygen atoms in total. The van der Waals surface area contributed by atoms with Crippen molar-refractivity contribution in [3.05, 3.63) is 21.9 Å². The molecule has 7 heteroatoms. The number of carboxylic acids is 1. The van der Waals surface area contributed by atoms with Crippen molar-refractivity contribution < 1.29 is 24.2 Å². The number of thiophene rings is 1. The van der Waals surface area contributed by atoms with Crippen molar-refractivity contribution in [2.45, 2.75) is 44.9 Å². The summed E-state index contributed by atoms with van der Waals surface area (Å²) >= 11 is 1.16. The minimum absolute atomic E-state index is 0.0828. The number of carboxylic acid groups (broad SMARTS) is 1. The first-order valence-electron chi connectivity index (χ1n) is 7.39. The molecule has 122 valence electrons. The van der Waals surface area contributed by atoms with E-state index in [-0.39, 0.29) is 16.9 Å². The monoisotopic (exact) mass is 327 g/mol. The molecule has 0 saturated carbocycles. The van der Waals surface area contributed by atoms with Gasteiger partial charge in [0.2, 0.25) is 5.91 Å². The molecule has 0 radical (unpaired) electrons. The smallest absolute Gasteiger partial charge is 0.345 e. The molecule has 1 aromatic heterocycles. The van der Waals surface area contributed by atoms with E-state index in [9.17, 15) is 9.59 Å². The van der Waals surface area contributed by atoms with Gasteiger partial charge in [-0.3, -0.25) is 4.79 Å². The zero-order valence-electron chi connectivity index (χ0n) is 12.5. The first kappa shape index (κ1) is 16.9. The first-order valence-corrected chi connectivity index (χ1v) is 8.21. The van der Waals surface area contributed by atoms with E-state index in [1.54, 1.807) is 13.0 Å². The van der Waals surface area contributed by atoms with Crippen LogP contribution < -0.4 is 5.32 Å². The summed E-state index contributed by atoms with van der Waals surface area (Å²) in [5.74, 6) is -1.16. The lowest BCUT2D eigenvalue weighted by molar-refractivity contribution is -0.135. The Morgan fingerprint density at radius 3 is 2.95 bits per heavy atom. The lowest BCUT2D eigenvalue weighted by atomic mass is 10.1. The summed E-state index contributed by atoms with van der Waals surface area (Å²) in [6.07, 6.45) is 2.73. The molecule has 2 rings (SSSR count). The Morgan fingerprint density at radius 2 is 2.32 bits per heavy atom. The van der Waals surface area contributed by atoms with E-state index in [1.165, 1.54) is 6.07 Å². The minimum atomic E-state index is -0.952. The standard InChI is InChI=1S/C15H21NO5S/c1-10(21-9-11-4-2-3-7-20-11)14(17)16-8-12-5-6-13(22-12)15(18)19/h5-6,10-11H,2-4,7-9H2,1H3,(H,16,17)(H,18,19). The summed E-state index contributed by atoms with van der Waals surface area (Å²) in [5.41, 5.74) is 0. The molecule has 1 aromatic rings. The number of aromatic carboxylic acids is 1. The van der Waals surface area contributed by atoms with Crippen LogP contribution in [0.25, 0.3) is 0 Å². The number of hydrogen-bond donors (Lipinski definition) is 2. The van der Waals surface area contributed by atoms with E-state index in [0.29, 0.717) is 13.2 Å². The van der Waals surface area contributed by atoms with Gasteiger partial charge in [0.1, 0.15) is 11.0 Å². The van der Waals surface area contributed by atoms with Crippen molar-refractivity contribution in [3.63, 3.8) is 0 Å². The predicted octanol–water partition coefficient (Wildman–Crippen LogP) is 2.04. The van der Waals surface area contributed by atoms with Crippen LogP contribution in [0.3, 0.4) is 0 Å². The molecule has 2 N–H and O–H groups in total. The summed E-state index contributed by atoms with van der Waals surface area (Å²) in [5, 5.41) is 11.6. The third-order valence-corrected chi connectivity index (χ3v) is 4.56. The molecule has 1 fully saturated rings. The van der Waals surface area contributed by atoms with Crippen molar-refractivity contribution in [2.75, 3.05) is 13.2 Å². The molecular formula is C15H21NO5S. The van der Waals surface area contributed by atoms with Gasteiger partial charge in [-0.25, -0.2) is 4.79 Å². The normalized spacial score (nSPS) is 19.6. The zero-order chi connectivity index (χ0) is 15.9. The van der Waals surface area contributed by atoms with Crippen LogP contribution >= 0.6 is 11.3 Å². The molecule has 0 aliphatic carbocycles. The van der Waals surface area contributed by atoms with Crippen molar-refractivity contribution in [2.24, 2.45) is 0 Å². The summed E-state index contributed by atoms with van der Waals surface area (Å²) in [4.78, 5) is 23.8. The maximum Gasteiger partial charge on any atom is 0.345 e. The van der Waals surface area contributed by atoms with Gasteiger partial charge in [-0.2, -0.15) is 0 Å². The minimum Gasteiger partial charge on any atom is -0.477 e. The van der Waals surface area contributed by atoms with Gasteiger partial charge in [0.25, 0.3) is 0 Å². The van der Waals surface area contributed by atoms with Crippen LogP contribution in [0.5, 0.6) is 0 Å². The number of hydrogen-bond acceptors (Lipinski definition) is 5. The summed E-state index contributed by atoms with van der Waals surface area (Å²) in [7, 11) is 0. The van der Waals surface area contributed by atoms with Crippen molar-refractivity contribution in [3.8, 4) is 0 Å². The van der Waals surface area contributed by atoms with Gasteiger partial charge >= 0.3 is 5.97 Å². The molecular weight excluding hydrogens is 306 g/mol. The second-order valence-electron chi connectivity index (χ2n) is 5.25. The molecule has 0 spiro atoms. The highest BCUT2D eigenvalue weighted by Crippen LogP contribution is 2.16. The zero-order valence-corrected chi connectivity index (χ0v) is 13.4. The number of ether oxygens (including phenoxy) is 2. The molecule has 2 unspecified atom stereocenters. The topological polar surface area (TPSA) is 84.9 Å². The number of carbonyl (C=O) groups is 2. The van der Waals surface area contributed by atoms with Gasteiger partial charge in [0.15, 0.2) is 0 Å². The maximum atomic E-state index is 11.9. The molecule has 22 heavy (non-hydrogen) atoms. The highest BCUT2D eigenvalue weighted by Gasteiger charge is 2.19.